The van der Waals surface area contributed by atoms with E-state index >= 15 is 0 Å². The number of carbonyl (C=O) groups is 1. The summed E-state index contributed by atoms with van der Waals surface area (Å²) in [5.41, 5.74) is 2.91. The lowest BCUT2D eigenvalue weighted by molar-refractivity contribution is 0.0746. The van der Waals surface area contributed by atoms with Crippen molar-refractivity contribution in [2.45, 2.75) is 6.92 Å². The fraction of sp³-hybridized carbons (Fsp3) is 0.250. The molecule has 1 amide bonds. The van der Waals surface area contributed by atoms with Crippen LogP contribution in [0.15, 0.2) is 48.8 Å². The summed E-state index contributed by atoms with van der Waals surface area (Å²) in [6, 6.07) is 10.2. The molecule has 6 heteroatoms. The fourth-order valence-electron chi connectivity index (χ4n) is 3.35. The lowest BCUT2D eigenvalue weighted by atomic mass is 10.1. The number of aromatic nitrogens is 2. The smallest absolute Gasteiger partial charge is 0.255 e. The molecule has 132 valence electrons. The van der Waals surface area contributed by atoms with Gasteiger partial charge in [0, 0.05) is 55.7 Å². The Labute approximate surface area is 151 Å². The van der Waals surface area contributed by atoms with E-state index in [1.807, 2.05) is 23.1 Å². The number of rotatable bonds is 2. The van der Waals surface area contributed by atoms with Gasteiger partial charge in [-0.15, -0.1) is 0 Å². The summed E-state index contributed by atoms with van der Waals surface area (Å²) < 4.78 is 13.4. The van der Waals surface area contributed by atoms with Gasteiger partial charge in [0.1, 0.15) is 5.82 Å². The Kier molecular flexibility index (Phi) is 4.24. The molecular formula is C20H19FN4O. The molecule has 0 saturated carbocycles. The minimum atomic E-state index is -0.323. The molecule has 1 fully saturated rings. The van der Waals surface area contributed by atoms with Crippen LogP contribution in [0.1, 0.15) is 16.1 Å². The molecule has 2 aromatic heterocycles. The molecule has 0 aliphatic carbocycles. The molecule has 1 aromatic carbocycles. The summed E-state index contributed by atoms with van der Waals surface area (Å²) in [5.74, 6) is -0.341. The van der Waals surface area contributed by atoms with Gasteiger partial charge in [-0.3, -0.25) is 14.8 Å². The number of nitrogens with zero attached hydrogens (tertiary/aromatic N) is 4. The second-order valence-corrected chi connectivity index (χ2v) is 6.44. The highest BCUT2D eigenvalue weighted by Crippen LogP contribution is 2.21. The molecule has 0 N–H and O–H groups in total. The van der Waals surface area contributed by atoms with Crippen LogP contribution in [0, 0.1) is 12.7 Å². The summed E-state index contributed by atoms with van der Waals surface area (Å²) in [6.07, 6.45) is 3.56. The van der Waals surface area contributed by atoms with Crippen molar-refractivity contribution in [3.8, 4) is 0 Å². The quantitative estimate of drug-likeness (QED) is 0.713. The van der Waals surface area contributed by atoms with E-state index in [-0.39, 0.29) is 11.7 Å². The van der Waals surface area contributed by atoms with Gasteiger partial charge in [0.25, 0.3) is 5.91 Å². The number of pyridine rings is 2. The van der Waals surface area contributed by atoms with Gasteiger partial charge in [-0.25, -0.2) is 4.39 Å². The minimum absolute atomic E-state index is 0.0180. The van der Waals surface area contributed by atoms with Crippen molar-refractivity contribution in [2.75, 3.05) is 31.1 Å². The van der Waals surface area contributed by atoms with Crippen molar-refractivity contribution in [1.82, 2.24) is 14.9 Å². The van der Waals surface area contributed by atoms with E-state index in [1.165, 1.54) is 12.1 Å². The third kappa shape index (κ3) is 3.10. The van der Waals surface area contributed by atoms with E-state index < -0.39 is 0 Å². The van der Waals surface area contributed by atoms with Gasteiger partial charge in [0.15, 0.2) is 0 Å². The van der Waals surface area contributed by atoms with E-state index in [1.54, 1.807) is 25.4 Å². The average Bonchev–Trinajstić information content (AvgIpc) is 2.68. The number of anilines is 1. The van der Waals surface area contributed by atoms with Gasteiger partial charge in [0.2, 0.25) is 0 Å². The number of piperazine rings is 1. The molecule has 0 spiro atoms. The largest absolute Gasteiger partial charge is 0.368 e. The topological polar surface area (TPSA) is 49.3 Å². The number of fused-ring (bicyclic) bond motifs is 1. The number of hydrogen-bond acceptors (Lipinski definition) is 4. The zero-order valence-electron chi connectivity index (χ0n) is 14.5. The number of aryl methyl sites for hydroxylation is 1. The molecule has 1 aliphatic rings. The normalized spacial score (nSPS) is 14.7. The monoisotopic (exact) mass is 350 g/mol. The molecule has 0 atom stereocenters. The first-order chi connectivity index (χ1) is 12.6. The summed E-state index contributed by atoms with van der Waals surface area (Å²) >= 11 is 0. The Morgan fingerprint density at radius 2 is 1.77 bits per heavy atom. The van der Waals surface area contributed by atoms with E-state index in [9.17, 15) is 9.18 Å². The zero-order valence-corrected chi connectivity index (χ0v) is 14.5. The number of benzene rings is 1. The first-order valence-electron chi connectivity index (χ1n) is 8.63. The molecule has 1 saturated heterocycles. The highest BCUT2D eigenvalue weighted by atomic mass is 19.1. The molecule has 0 unspecified atom stereocenters. The first kappa shape index (κ1) is 16.4. The van der Waals surface area contributed by atoms with E-state index in [2.05, 4.69) is 14.9 Å². The highest BCUT2D eigenvalue weighted by Gasteiger charge is 2.24. The van der Waals surface area contributed by atoms with Gasteiger partial charge in [-0.05, 0) is 37.3 Å². The predicted octanol–water partition coefficient (Wildman–Crippen LogP) is 3.04. The third-order valence-electron chi connectivity index (χ3n) is 4.80. The molecular weight excluding hydrogens is 331 g/mol. The molecule has 5 nitrogen and oxygen atoms in total. The number of hydrogen-bond donors (Lipinski definition) is 0. The Morgan fingerprint density at radius 3 is 2.50 bits per heavy atom. The maximum atomic E-state index is 13.4. The molecule has 26 heavy (non-hydrogen) atoms. The summed E-state index contributed by atoms with van der Waals surface area (Å²) in [6.45, 7) is 4.66. The van der Waals surface area contributed by atoms with Crippen LogP contribution in [-0.2, 0) is 0 Å². The van der Waals surface area contributed by atoms with Crippen molar-refractivity contribution >= 4 is 22.5 Å². The van der Waals surface area contributed by atoms with Crippen LogP contribution in [0.4, 0.5) is 10.1 Å². The molecule has 3 aromatic rings. The van der Waals surface area contributed by atoms with Gasteiger partial charge < -0.3 is 9.80 Å². The lowest BCUT2D eigenvalue weighted by Crippen LogP contribution is -2.49. The van der Waals surface area contributed by atoms with Crippen LogP contribution in [0.3, 0.4) is 0 Å². The molecule has 4 rings (SSSR count). The highest BCUT2D eigenvalue weighted by molar-refractivity contribution is 5.98. The van der Waals surface area contributed by atoms with E-state index in [0.29, 0.717) is 29.9 Å². The van der Waals surface area contributed by atoms with Gasteiger partial charge in [-0.1, -0.05) is 0 Å². The lowest BCUT2D eigenvalue weighted by Gasteiger charge is -2.36. The van der Waals surface area contributed by atoms with Crippen LogP contribution >= 0.6 is 0 Å². The van der Waals surface area contributed by atoms with E-state index in [4.69, 9.17) is 0 Å². The van der Waals surface area contributed by atoms with Crippen LogP contribution in [-0.4, -0.2) is 47.0 Å². The Balaban J connectivity index is 1.52. The zero-order chi connectivity index (χ0) is 18.1. The van der Waals surface area contributed by atoms with Crippen molar-refractivity contribution in [1.29, 1.82) is 0 Å². The molecule has 0 radical (unpaired) electrons. The molecule has 0 bridgehead atoms. The number of carbonyl (C=O) groups excluding carboxylic acids is 1. The van der Waals surface area contributed by atoms with Crippen molar-refractivity contribution in [2.24, 2.45) is 0 Å². The summed E-state index contributed by atoms with van der Waals surface area (Å²) in [4.78, 5) is 25.5. The summed E-state index contributed by atoms with van der Waals surface area (Å²) in [5, 5.41) is 0.774. The fourth-order valence-corrected chi connectivity index (χ4v) is 3.35. The summed E-state index contributed by atoms with van der Waals surface area (Å²) in [7, 11) is 0. The second-order valence-electron chi connectivity index (χ2n) is 6.44. The molecule has 1 aliphatic heterocycles. The van der Waals surface area contributed by atoms with Crippen molar-refractivity contribution < 1.29 is 9.18 Å². The van der Waals surface area contributed by atoms with E-state index in [0.717, 1.165) is 24.2 Å². The van der Waals surface area contributed by atoms with Crippen LogP contribution in [0.25, 0.3) is 10.9 Å². The second kappa shape index (κ2) is 6.71. The van der Waals surface area contributed by atoms with Crippen LogP contribution in [0.5, 0.6) is 0 Å². The third-order valence-corrected chi connectivity index (χ3v) is 4.80. The average molecular weight is 350 g/mol. The number of halogens is 1. The standard InChI is InChI=1S/C20H19FN4O/c1-14-18(12-15-2-3-16(21)13-19(15)23-14)20(26)25-10-8-24(9-11-25)17-4-6-22-7-5-17/h2-7,12-13H,8-11H2,1H3. The van der Waals surface area contributed by atoms with Gasteiger partial charge in [0.05, 0.1) is 16.8 Å². The van der Waals surface area contributed by atoms with Crippen molar-refractivity contribution in [3.05, 3.63) is 65.9 Å². The Hall–Kier alpha value is -3.02. The number of amides is 1. The molecule has 3 heterocycles. The van der Waals surface area contributed by atoms with Gasteiger partial charge >= 0.3 is 0 Å². The first-order valence-corrected chi connectivity index (χ1v) is 8.63. The minimum Gasteiger partial charge on any atom is -0.368 e. The predicted molar refractivity (Wildman–Crippen MR) is 98.8 cm³/mol. The maximum absolute atomic E-state index is 13.4. The van der Waals surface area contributed by atoms with Gasteiger partial charge in [-0.2, -0.15) is 0 Å². The SMILES string of the molecule is Cc1nc2cc(F)ccc2cc1C(=O)N1CCN(c2ccncc2)CC1. The van der Waals surface area contributed by atoms with Crippen molar-refractivity contribution in [3.63, 3.8) is 0 Å². The van der Waals surface area contributed by atoms with Crippen LogP contribution in [0.2, 0.25) is 0 Å². The maximum Gasteiger partial charge on any atom is 0.255 e. The Morgan fingerprint density at radius 1 is 1.04 bits per heavy atom. The Bertz CT molecular complexity index is 953. The van der Waals surface area contributed by atoms with Crippen LogP contribution < -0.4 is 4.90 Å².